The van der Waals surface area contributed by atoms with Crippen molar-refractivity contribution in [1.29, 1.82) is 0 Å². The van der Waals surface area contributed by atoms with Crippen molar-refractivity contribution in [2.75, 3.05) is 7.11 Å². The van der Waals surface area contributed by atoms with Gasteiger partial charge < -0.3 is 14.6 Å². The SMILES string of the molecule is COc1ccc2c(c1)OCc1ccccc1/C2=C\C=C\C(=O)O. The molecule has 0 bridgehead atoms. The van der Waals surface area contributed by atoms with Crippen molar-refractivity contribution in [3.63, 3.8) is 0 Å². The Hall–Kier alpha value is -3.01. The van der Waals surface area contributed by atoms with Crippen molar-refractivity contribution >= 4 is 11.5 Å². The highest BCUT2D eigenvalue weighted by molar-refractivity contribution is 5.87. The normalized spacial score (nSPS) is 14.7. The van der Waals surface area contributed by atoms with E-state index in [2.05, 4.69) is 0 Å². The molecular formula is C19H16O4. The summed E-state index contributed by atoms with van der Waals surface area (Å²) in [5, 5.41) is 8.80. The molecule has 1 aliphatic heterocycles. The van der Waals surface area contributed by atoms with Crippen LogP contribution in [0.4, 0.5) is 0 Å². The molecule has 4 nitrogen and oxygen atoms in total. The molecule has 2 aromatic carbocycles. The first-order valence-corrected chi connectivity index (χ1v) is 7.20. The van der Waals surface area contributed by atoms with E-state index in [0.29, 0.717) is 6.61 Å². The van der Waals surface area contributed by atoms with Gasteiger partial charge >= 0.3 is 5.97 Å². The molecule has 0 radical (unpaired) electrons. The monoisotopic (exact) mass is 308 g/mol. The highest BCUT2D eigenvalue weighted by atomic mass is 16.5. The van der Waals surface area contributed by atoms with E-state index in [1.54, 1.807) is 13.2 Å². The molecule has 116 valence electrons. The first-order valence-electron chi connectivity index (χ1n) is 7.20. The van der Waals surface area contributed by atoms with Crippen LogP contribution in [0.3, 0.4) is 0 Å². The molecule has 4 heteroatoms. The number of hydrogen-bond acceptors (Lipinski definition) is 3. The number of hydrogen-bond donors (Lipinski definition) is 1. The topological polar surface area (TPSA) is 55.8 Å². The van der Waals surface area contributed by atoms with Gasteiger partial charge in [-0.3, -0.25) is 0 Å². The minimum absolute atomic E-state index is 0.455. The highest BCUT2D eigenvalue weighted by Crippen LogP contribution is 2.38. The van der Waals surface area contributed by atoms with E-state index < -0.39 is 5.97 Å². The van der Waals surface area contributed by atoms with Gasteiger partial charge in [0.1, 0.15) is 18.1 Å². The lowest BCUT2D eigenvalue weighted by atomic mass is 9.94. The molecule has 0 spiro atoms. The number of benzene rings is 2. The first kappa shape index (κ1) is 14.9. The van der Waals surface area contributed by atoms with E-state index in [1.807, 2.05) is 42.5 Å². The van der Waals surface area contributed by atoms with Crippen LogP contribution in [0.15, 0.2) is 60.7 Å². The molecule has 1 heterocycles. The van der Waals surface area contributed by atoms with Crippen LogP contribution in [0.1, 0.15) is 16.7 Å². The Labute approximate surface area is 134 Å². The molecule has 0 aromatic heterocycles. The molecule has 3 rings (SSSR count). The second kappa shape index (κ2) is 6.40. The standard InChI is InChI=1S/C19H16O4/c1-22-14-9-10-17-16(7-4-8-19(20)21)15-6-3-2-5-13(15)12-23-18(17)11-14/h2-11H,12H2,1H3,(H,20,21)/b8-4+,16-7+. The maximum absolute atomic E-state index is 10.7. The third kappa shape index (κ3) is 3.11. The van der Waals surface area contributed by atoms with E-state index in [0.717, 1.165) is 39.8 Å². The van der Waals surface area contributed by atoms with Gasteiger partial charge in [0, 0.05) is 17.7 Å². The molecule has 1 N–H and O–H groups in total. The highest BCUT2D eigenvalue weighted by Gasteiger charge is 2.19. The Morgan fingerprint density at radius 3 is 2.83 bits per heavy atom. The van der Waals surface area contributed by atoms with Crippen LogP contribution < -0.4 is 9.47 Å². The number of rotatable bonds is 3. The molecule has 0 unspecified atom stereocenters. The Balaban J connectivity index is 2.17. The van der Waals surface area contributed by atoms with E-state index in [1.165, 1.54) is 6.08 Å². The molecule has 0 aliphatic carbocycles. The fourth-order valence-corrected chi connectivity index (χ4v) is 2.59. The van der Waals surface area contributed by atoms with Crippen molar-refractivity contribution in [2.45, 2.75) is 6.61 Å². The summed E-state index contributed by atoms with van der Waals surface area (Å²) in [5.74, 6) is 0.459. The van der Waals surface area contributed by atoms with Gasteiger partial charge in [-0.05, 0) is 28.8 Å². The summed E-state index contributed by atoms with van der Waals surface area (Å²) in [5.41, 5.74) is 3.92. The molecule has 1 aliphatic rings. The largest absolute Gasteiger partial charge is 0.497 e. The zero-order valence-electron chi connectivity index (χ0n) is 12.7. The molecule has 0 fully saturated rings. The van der Waals surface area contributed by atoms with Crippen molar-refractivity contribution in [2.24, 2.45) is 0 Å². The van der Waals surface area contributed by atoms with Crippen molar-refractivity contribution in [1.82, 2.24) is 0 Å². The summed E-state index contributed by atoms with van der Waals surface area (Å²) in [7, 11) is 1.61. The molecule has 2 aromatic rings. The number of aliphatic carboxylic acids is 1. The van der Waals surface area contributed by atoms with Crippen LogP contribution in [-0.2, 0) is 11.4 Å². The zero-order chi connectivity index (χ0) is 16.2. The lowest BCUT2D eigenvalue weighted by molar-refractivity contribution is -0.131. The maximum atomic E-state index is 10.7. The number of methoxy groups -OCH3 is 1. The summed E-state index contributed by atoms with van der Waals surface area (Å²) in [4.78, 5) is 10.7. The smallest absolute Gasteiger partial charge is 0.328 e. The molecule has 0 saturated carbocycles. The van der Waals surface area contributed by atoms with Gasteiger partial charge in [-0.25, -0.2) is 4.79 Å². The summed E-state index contributed by atoms with van der Waals surface area (Å²) >= 11 is 0. The number of carboxylic acid groups (broad SMARTS) is 1. The molecule has 0 saturated heterocycles. The van der Waals surface area contributed by atoms with Gasteiger partial charge in [0.2, 0.25) is 0 Å². The molecule has 0 amide bonds. The fraction of sp³-hybridized carbons (Fsp3) is 0.105. The van der Waals surface area contributed by atoms with Crippen LogP contribution in [0.25, 0.3) is 5.57 Å². The van der Waals surface area contributed by atoms with Crippen molar-refractivity contribution in [3.05, 3.63) is 77.4 Å². The Morgan fingerprint density at radius 2 is 2.04 bits per heavy atom. The number of ether oxygens (including phenoxy) is 2. The van der Waals surface area contributed by atoms with Crippen LogP contribution in [0.5, 0.6) is 11.5 Å². The van der Waals surface area contributed by atoms with Gasteiger partial charge in [-0.1, -0.05) is 36.4 Å². The van der Waals surface area contributed by atoms with E-state index in [-0.39, 0.29) is 0 Å². The minimum Gasteiger partial charge on any atom is -0.497 e. The number of allylic oxidation sites excluding steroid dienone is 2. The summed E-state index contributed by atoms with van der Waals surface area (Å²) in [6.45, 7) is 0.455. The maximum Gasteiger partial charge on any atom is 0.328 e. The van der Waals surface area contributed by atoms with Crippen molar-refractivity contribution in [3.8, 4) is 11.5 Å². The average molecular weight is 308 g/mol. The summed E-state index contributed by atoms with van der Waals surface area (Å²) < 4.78 is 11.2. The lowest BCUT2D eigenvalue weighted by Crippen LogP contribution is -1.95. The Kier molecular flexibility index (Phi) is 4.15. The minimum atomic E-state index is -0.977. The average Bonchev–Trinajstić information content (AvgIpc) is 2.71. The summed E-state index contributed by atoms with van der Waals surface area (Å²) in [6.07, 6.45) is 4.45. The van der Waals surface area contributed by atoms with Gasteiger partial charge in [-0.2, -0.15) is 0 Å². The fourth-order valence-electron chi connectivity index (χ4n) is 2.59. The number of carbonyl (C=O) groups is 1. The lowest BCUT2D eigenvalue weighted by Gasteiger charge is -2.11. The first-order chi connectivity index (χ1) is 11.2. The van der Waals surface area contributed by atoms with Crippen molar-refractivity contribution < 1.29 is 19.4 Å². The van der Waals surface area contributed by atoms with Crippen LogP contribution in [-0.4, -0.2) is 18.2 Å². The Morgan fingerprint density at radius 1 is 1.22 bits per heavy atom. The zero-order valence-corrected chi connectivity index (χ0v) is 12.7. The third-order valence-electron chi connectivity index (χ3n) is 3.67. The van der Waals surface area contributed by atoms with Crippen LogP contribution >= 0.6 is 0 Å². The predicted molar refractivity (Wildman–Crippen MR) is 87.6 cm³/mol. The van der Waals surface area contributed by atoms with Crippen LogP contribution in [0.2, 0.25) is 0 Å². The second-order valence-electron chi connectivity index (χ2n) is 5.09. The number of carboxylic acids is 1. The van der Waals surface area contributed by atoms with Gasteiger partial charge in [0.15, 0.2) is 0 Å². The summed E-state index contributed by atoms with van der Waals surface area (Å²) in [6, 6.07) is 13.6. The predicted octanol–water partition coefficient (Wildman–Crippen LogP) is 3.66. The van der Waals surface area contributed by atoms with E-state index in [9.17, 15) is 4.79 Å². The van der Waals surface area contributed by atoms with Gasteiger partial charge in [0.05, 0.1) is 7.11 Å². The van der Waals surface area contributed by atoms with Crippen LogP contribution in [0, 0.1) is 0 Å². The molecule has 0 atom stereocenters. The van der Waals surface area contributed by atoms with Gasteiger partial charge in [-0.15, -0.1) is 0 Å². The molecule has 23 heavy (non-hydrogen) atoms. The second-order valence-corrected chi connectivity index (χ2v) is 5.09. The van der Waals surface area contributed by atoms with Gasteiger partial charge in [0.25, 0.3) is 0 Å². The van der Waals surface area contributed by atoms with E-state index >= 15 is 0 Å². The number of fused-ring (bicyclic) bond motifs is 2. The quantitative estimate of drug-likeness (QED) is 0.879. The third-order valence-corrected chi connectivity index (χ3v) is 3.67. The molecular weight excluding hydrogens is 292 g/mol. The Bertz CT molecular complexity index is 803. The van der Waals surface area contributed by atoms with E-state index in [4.69, 9.17) is 14.6 Å².